The zero-order valence-corrected chi connectivity index (χ0v) is 17.9. The highest BCUT2D eigenvalue weighted by atomic mass is 79.9. The van der Waals surface area contributed by atoms with Gasteiger partial charge in [0, 0.05) is 18.4 Å². The lowest BCUT2D eigenvalue weighted by Gasteiger charge is -2.19. The Kier molecular flexibility index (Phi) is 5.86. The first kappa shape index (κ1) is 20.9. The molecular formula is C19H18BrF2NO4S. The third-order valence-electron chi connectivity index (χ3n) is 4.25. The molecule has 0 saturated heterocycles. The molecule has 1 aliphatic rings. The van der Waals surface area contributed by atoms with Gasteiger partial charge in [0.2, 0.25) is 0 Å². The predicted octanol–water partition coefficient (Wildman–Crippen LogP) is 5.56. The van der Waals surface area contributed by atoms with Crippen LogP contribution in [-0.2, 0) is 4.74 Å². The van der Waals surface area contributed by atoms with Crippen LogP contribution in [0.15, 0.2) is 21.1 Å². The number of ether oxygens (including phenoxy) is 2. The van der Waals surface area contributed by atoms with E-state index in [4.69, 9.17) is 26.2 Å². The summed E-state index contributed by atoms with van der Waals surface area (Å²) in [4.78, 5) is 12.6. The van der Waals surface area contributed by atoms with E-state index in [1.807, 2.05) is 0 Å². The van der Waals surface area contributed by atoms with E-state index >= 15 is 0 Å². The second-order valence-corrected chi connectivity index (χ2v) is 7.82. The van der Waals surface area contributed by atoms with Crippen molar-refractivity contribution in [2.45, 2.75) is 45.6 Å². The predicted molar refractivity (Wildman–Crippen MR) is 105 cm³/mol. The van der Waals surface area contributed by atoms with E-state index in [1.165, 1.54) is 0 Å². The molecule has 1 aliphatic carbocycles. The van der Waals surface area contributed by atoms with Gasteiger partial charge in [0.15, 0.2) is 5.69 Å². The lowest BCUT2D eigenvalue weighted by Crippen LogP contribution is -2.21. The molecule has 0 radical (unpaired) electrons. The number of aromatic nitrogens is 1. The molecule has 0 bridgehead atoms. The van der Waals surface area contributed by atoms with Crippen molar-refractivity contribution in [1.29, 1.82) is 0 Å². The summed E-state index contributed by atoms with van der Waals surface area (Å²) in [5.41, 5.74) is 1.28. The van der Waals surface area contributed by atoms with E-state index in [9.17, 15) is 13.6 Å². The lowest BCUT2D eigenvalue weighted by molar-refractivity contribution is -0.159. The van der Waals surface area contributed by atoms with Crippen molar-refractivity contribution in [3.05, 3.63) is 44.7 Å². The molecule has 9 heteroatoms. The van der Waals surface area contributed by atoms with Crippen LogP contribution >= 0.6 is 28.1 Å². The molecule has 3 rings (SSSR count). The molecule has 1 fully saturated rings. The van der Waals surface area contributed by atoms with Crippen molar-refractivity contribution < 1.29 is 27.6 Å². The maximum absolute atomic E-state index is 13.4. The molecule has 28 heavy (non-hydrogen) atoms. The topological polar surface area (TPSA) is 61.6 Å². The largest absolute Gasteiger partial charge is 0.461 e. The molecule has 150 valence electrons. The summed E-state index contributed by atoms with van der Waals surface area (Å²) in [6.45, 7) is 4.15. The van der Waals surface area contributed by atoms with Gasteiger partial charge < -0.3 is 14.0 Å². The summed E-state index contributed by atoms with van der Waals surface area (Å²) in [6.07, 6.45) is -1.55. The fourth-order valence-electron chi connectivity index (χ4n) is 2.83. The smallest absolute Gasteiger partial charge is 0.394 e. The van der Waals surface area contributed by atoms with E-state index < -0.39 is 12.1 Å². The van der Waals surface area contributed by atoms with Gasteiger partial charge in [-0.1, -0.05) is 23.4 Å². The highest BCUT2D eigenvalue weighted by Crippen LogP contribution is 2.44. The minimum absolute atomic E-state index is 0.000594. The molecule has 2 aromatic rings. The van der Waals surface area contributed by atoms with Crippen LogP contribution in [0, 0.1) is 6.92 Å². The van der Waals surface area contributed by atoms with Crippen LogP contribution in [0.1, 0.15) is 65.5 Å². The van der Waals surface area contributed by atoms with Crippen LogP contribution in [0.4, 0.5) is 8.78 Å². The quantitative estimate of drug-likeness (QED) is 0.298. The van der Waals surface area contributed by atoms with E-state index in [2.05, 4.69) is 21.1 Å². The van der Waals surface area contributed by atoms with Gasteiger partial charge >= 0.3 is 12.1 Å². The van der Waals surface area contributed by atoms with Crippen LogP contribution in [0.25, 0.3) is 0 Å². The average molecular weight is 474 g/mol. The molecule has 5 nitrogen and oxygen atoms in total. The monoisotopic (exact) mass is 473 g/mol. The number of benzene rings is 1. The molecule has 0 spiro atoms. The van der Waals surface area contributed by atoms with Crippen LogP contribution in [-0.4, -0.2) is 28.7 Å². The molecule has 1 aromatic heterocycles. The van der Waals surface area contributed by atoms with Gasteiger partial charge in [-0.25, -0.2) is 4.79 Å². The van der Waals surface area contributed by atoms with Crippen LogP contribution in [0.2, 0.25) is 0 Å². The first-order valence-corrected chi connectivity index (χ1v) is 9.91. The summed E-state index contributed by atoms with van der Waals surface area (Å²) >= 11 is 8.86. The zero-order valence-electron chi connectivity index (χ0n) is 15.5. The molecule has 0 N–H and O–H groups in total. The molecule has 1 saturated carbocycles. The standard InChI is InChI=1S/C19H18BrF2NO4S/c1-4-25-18(24)14-13(16(27-23-14)10-5-6-10)17(28)11-7-8-12(20)15(9(11)2)26-19(3,21)22/h7-8,10H,4-6H2,1-3H3. The van der Waals surface area contributed by atoms with E-state index in [0.717, 1.165) is 12.8 Å². The Hall–Kier alpha value is -1.87. The summed E-state index contributed by atoms with van der Waals surface area (Å²) in [6, 6.07) is 3.26. The number of carbonyl (C=O) groups is 1. The maximum Gasteiger partial charge on any atom is 0.394 e. The number of esters is 1. The number of alkyl halides is 2. The third kappa shape index (κ3) is 4.25. The SMILES string of the molecule is CCOC(=O)c1noc(C2CC2)c1C(=S)c1ccc(Br)c(OC(C)(F)F)c1C. The molecule has 0 amide bonds. The van der Waals surface area contributed by atoms with Gasteiger partial charge in [-0.2, -0.15) is 8.78 Å². The van der Waals surface area contributed by atoms with Gasteiger partial charge in [0.25, 0.3) is 0 Å². The summed E-state index contributed by atoms with van der Waals surface area (Å²) in [5, 5.41) is 3.87. The number of thiocarbonyl (C=S) groups is 1. The normalized spacial score (nSPS) is 14.1. The van der Waals surface area contributed by atoms with Gasteiger partial charge in [0.1, 0.15) is 11.5 Å². The highest BCUT2D eigenvalue weighted by molar-refractivity contribution is 9.10. The first-order valence-electron chi connectivity index (χ1n) is 8.71. The second kappa shape index (κ2) is 7.87. The zero-order chi connectivity index (χ0) is 20.6. The van der Waals surface area contributed by atoms with Gasteiger partial charge in [0.05, 0.1) is 21.5 Å². The summed E-state index contributed by atoms with van der Waals surface area (Å²) < 4.78 is 42.5. The van der Waals surface area contributed by atoms with Crippen LogP contribution in [0.5, 0.6) is 5.75 Å². The Morgan fingerprint density at radius 1 is 1.43 bits per heavy atom. The molecule has 0 atom stereocenters. The number of rotatable bonds is 7. The Labute approximate surface area is 174 Å². The Bertz CT molecular complexity index is 935. The minimum atomic E-state index is -3.36. The van der Waals surface area contributed by atoms with E-state index in [-0.39, 0.29) is 28.8 Å². The fourth-order valence-corrected chi connectivity index (χ4v) is 3.76. The average Bonchev–Trinajstić information content (AvgIpc) is 3.35. The number of carbonyl (C=O) groups excluding carboxylic acids is 1. The summed E-state index contributed by atoms with van der Waals surface area (Å²) in [7, 11) is 0. The Balaban J connectivity index is 2.09. The third-order valence-corrected chi connectivity index (χ3v) is 5.29. The number of hydrogen-bond donors (Lipinski definition) is 0. The molecule has 0 aliphatic heterocycles. The molecule has 1 aromatic carbocycles. The molecular weight excluding hydrogens is 456 g/mol. The van der Waals surface area contributed by atoms with Crippen molar-refractivity contribution in [3.8, 4) is 5.75 Å². The van der Waals surface area contributed by atoms with Gasteiger partial charge in [-0.05, 0) is 54.2 Å². The van der Waals surface area contributed by atoms with Crippen molar-refractivity contribution in [1.82, 2.24) is 5.16 Å². The van der Waals surface area contributed by atoms with Crippen molar-refractivity contribution in [2.75, 3.05) is 6.61 Å². The summed E-state index contributed by atoms with van der Waals surface area (Å²) in [5.74, 6) is 0.00466. The minimum Gasteiger partial charge on any atom is -0.461 e. The van der Waals surface area contributed by atoms with Crippen LogP contribution < -0.4 is 4.74 Å². The molecule has 0 unspecified atom stereocenters. The van der Waals surface area contributed by atoms with Crippen molar-refractivity contribution in [3.63, 3.8) is 0 Å². The van der Waals surface area contributed by atoms with Crippen LogP contribution in [0.3, 0.4) is 0 Å². The number of halogens is 3. The first-order chi connectivity index (χ1) is 13.1. The van der Waals surface area contributed by atoms with E-state index in [1.54, 1.807) is 26.0 Å². The number of nitrogens with zero attached hydrogens (tertiary/aromatic N) is 1. The van der Waals surface area contributed by atoms with Gasteiger partial charge in [-0.3, -0.25) is 0 Å². The Morgan fingerprint density at radius 3 is 2.68 bits per heavy atom. The lowest BCUT2D eigenvalue weighted by atomic mass is 9.97. The number of hydrogen-bond acceptors (Lipinski definition) is 6. The molecule has 1 heterocycles. The fraction of sp³-hybridized carbons (Fsp3) is 0.421. The Morgan fingerprint density at radius 2 is 2.11 bits per heavy atom. The highest BCUT2D eigenvalue weighted by Gasteiger charge is 2.37. The second-order valence-electron chi connectivity index (χ2n) is 6.55. The maximum atomic E-state index is 13.4. The van der Waals surface area contributed by atoms with Crippen molar-refractivity contribution in [2.24, 2.45) is 0 Å². The van der Waals surface area contributed by atoms with E-state index in [0.29, 0.717) is 33.8 Å². The van der Waals surface area contributed by atoms with Gasteiger partial charge in [-0.15, -0.1) is 0 Å². The van der Waals surface area contributed by atoms with Crippen molar-refractivity contribution >= 4 is 39.0 Å².